The van der Waals surface area contributed by atoms with Crippen molar-refractivity contribution in [3.05, 3.63) is 57.6 Å². The van der Waals surface area contributed by atoms with Gasteiger partial charge in [0.15, 0.2) is 0 Å². The second kappa shape index (κ2) is 7.85. The molecule has 120 valence electrons. The van der Waals surface area contributed by atoms with Crippen LogP contribution in [0.2, 0.25) is 10.0 Å². The van der Waals surface area contributed by atoms with Crippen molar-refractivity contribution in [2.75, 3.05) is 7.11 Å². The van der Waals surface area contributed by atoms with Crippen LogP contribution in [0.25, 0.3) is 0 Å². The van der Waals surface area contributed by atoms with Gasteiger partial charge >= 0.3 is 0 Å². The van der Waals surface area contributed by atoms with E-state index in [0.29, 0.717) is 21.4 Å². The summed E-state index contributed by atoms with van der Waals surface area (Å²) in [6.45, 7) is 0. The molecule has 0 aromatic heterocycles. The van der Waals surface area contributed by atoms with Gasteiger partial charge in [0.05, 0.1) is 29.8 Å². The van der Waals surface area contributed by atoms with Crippen molar-refractivity contribution in [2.24, 2.45) is 5.10 Å². The van der Waals surface area contributed by atoms with E-state index in [1.165, 1.54) is 25.5 Å². The third-order valence-corrected chi connectivity index (χ3v) is 3.70. The van der Waals surface area contributed by atoms with Crippen LogP contribution in [-0.2, 0) is 11.2 Å². The topological polar surface area (TPSA) is 70.9 Å². The quantitative estimate of drug-likeness (QED) is 0.639. The second-order valence-electron chi connectivity index (χ2n) is 4.64. The zero-order chi connectivity index (χ0) is 16.8. The molecule has 0 saturated heterocycles. The van der Waals surface area contributed by atoms with Crippen LogP contribution >= 0.6 is 23.2 Å². The van der Waals surface area contributed by atoms with E-state index >= 15 is 0 Å². The molecule has 2 aromatic carbocycles. The Hall–Kier alpha value is -2.24. The largest absolute Gasteiger partial charge is 0.508 e. The summed E-state index contributed by atoms with van der Waals surface area (Å²) < 4.78 is 5.11. The third kappa shape index (κ3) is 4.87. The molecule has 1 amide bonds. The number of nitrogens with one attached hydrogen (secondary N) is 1. The normalized spacial score (nSPS) is 10.7. The van der Waals surface area contributed by atoms with Gasteiger partial charge in [-0.25, -0.2) is 5.43 Å². The number of hydrogen-bond donors (Lipinski definition) is 2. The molecule has 0 aliphatic heterocycles. The van der Waals surface area contributed by atoms with Crippen LogP contribution in [-0.4, -0.2) is 24.3 Å². The van der Waals surface area contributed by atoms with Crippen molar-refractivity contribution >= 4 is 35.3 Å². The lowest BCUT2D eigenvalue weighted by Crippen LogP contribution is -2.19. The van der Waals surface area contributed by atoms with Crippen LogP contribution in [0.5, 0.6) is 11.5 Å². The number of hydrazone groups is 1. The average molecular weight is 353 g/mol. The lowest BCUT2D eigenvalue weighted by molar-refractivity contribution is -0.120. The molecule has 5 nitrogen and oxygen atoms in total. The van der Waals surface area contributed by atoms with E-state index in [2.05, 4.69) is 10.5 Å². The molecule has 0 bridgehead atoms. The number of amides is 1. The first-order valence-electron chi connectivity index (χ1n) is 6.62. The highest BCUT2D eigenvalue weighted by Crippen LogP contribution is 2.23. The van der Waals surface area contributed by atoms with Crippen LogP contribution < -0.4 is 10.2 Å². The predicted molar refractivity (Wildman–Crippen MR) is 90.6 cm³/mol. The molecular weight excluding hydrogens is 339 g/mol. The number of halogens is 2. The first-order valence-corrected chi connectivity index (χ1v) is 7.38. The maximum atomic E-state index is 11.8. The minimum Gasteiger partial charge on any atom is -0.508 e. The SMILES string of the molecule is COc1cc(O)ccc1/C=N/NC(=O)Cc1ccc(Cl)c(Cl)c1. The molecule has 2 N–H and O–H groups in total. The van der Waals surface area contributed by atoms with Gasteiger partial charge in [-0.05, 0) is 29.8 Å². The summed E-state index contributed by atoms with van der Waals surface area (Å²) in [4.78, 5) is 11.8. The van der Waals surface area contributed by atoms with E-state index in [0.717, 1.165) is 5.56 Å². The van der Waals surface area contributed by atoms with Gasteiger partial charge in [0.1, 0.15) is 11.5 Å². The van der Waals surface area contributed by atoms with Gasteiger partial charge in [-0.3, -0.25) is 4.79 Å². The number of hydrogen-bond acceptors (Lipinski definition) is 4. The number of carbonyl (C=O) groups excluding carboxylic acids is 1. The van der Waals surface area contributed by atoms with E-state index in [4.69, 9.17) is 27.9 Å². The minimum absolute atomic E-state index is 0.0858. The summed E-state index contributed by atoms with van der Waals surface area (Å²) in [7, 11) is 1.48. The highest BCUT2D eigenvalue weighted by atomic mass is 35.5. The number of methoxy groups -OCH3 is 1. The van der Waals surface area contributed by atoms with Crippen molar-refractivity contribution in [1.29, 1.82) is 0 Å². The van der Waals surface area contributed by atoms with Gasteiger partial charge in [-0.1, -0.05) is 29.3 Å². The highest BCUT2D eigenvalue weighted by molar-refractivity contribution is 6.42. The fraction of sp³-hybridized carbons (Fsp3) is 0.125. The van der Waals surface area contributed by atoms with Crippen LogP contribution in [0.1, 0.15) is 11.1 Å². The summed E-state index contributed by atoms with van der Waals surface area (Å²) in [5.74, 6) is 0.243. The Morgan fingerprint density at radius 3 is 2.74 bits per heavy atom. The lowest BCUT2D eigenvalue weighted by atomic mass is 10.1. The molecule has 0 aliphatic carbocycles. The van der Waals surface area contributed by atoms with Gasteiger partial charge in [-0.15, -0.1) is 0 Å². The lowest BCUT2D eigenvalue weighted by Gasteiger charge is -2.05. The molecule has 0 saturated carbocycles. The average Bonchev–Trinajstić information content (AvgIpc) is 2.52. The number of ether oxygens (including phenoxy) is 1. The van der Waals surface area contributed by atoms with E-state index < -0.39 is 0 Å². The zero-order valence-corrected chi connectivity index (χ0v) is 13.7. The number of aromatic hydroxyl groups is 1. The Morgan fingerprint density at radius 2 is 2.04 bits per heavy atom. The molecular formula is C16H14Cl2N2O3. The number of carbonyl (C=O) groups is 1. The fourth-order valence-corrected chi connectivity index (χ4v) is 2.18. The van der Waals surface area contributed by atoms with E-state index in [-0.39, 0.29) is 18.1 Å². The van der Waals surface area contributed by atoms with Crippen molar-refractivity contribution in [3.63, 3.8) is 0 Å². The molecule has 23 heavy (non-hydrogen) atoms. The molecule has 0 spiro atoms. The Labute approximate surface area is 143 Å². The summed E-state index contributed by atoms with van der Waals surface area (Å²) in [6.07, 6.45) is 1.56. The molecule has 0 heterocycles. The highest BCUT2D eigenvalue weighted by Gasteiger charge is 2.05. The zero-order valence-electron chi connectivity index (χ0n) is 12.2. The van der Waals surface area contributed by atoms with Gasteiger partial charge in [-0.2, -0.15) is 5.10 Å². The van der Waals surface area contributed by atoms with E-state index in [1.54, 1.807) is 24.3 Å². The molecule has 0 aliphatic rings. The number of nitrogens with zero attached hydrogens (tertiary/aromatic N) is 1. The Balaban J connectivity index is 1.97. The number of benzene rings is 2. The number of rotatable bonds is 5. The predicted octanol–water partition coefficient (Wildman–Crippen LogP) is 3.40. The van der Waals surface area contributed by atoms with Crippen molar-refractivity contribution in [3.8, 4) is 11.5 Å². The van der Waals surface area contributed by atoms with Crippen molar-refractivity contribution in [1.82, 2.24) is 5.43 Å². The first kappa shape index (κ1) is 17.1. The molecule has 0 fully saturated rings. The van der Waals surface area contributed by atoms with E-state index in [9.17, 15) is 9.90 Å². The second-order valence-corrected chi connectivity index (χ2v) is 5.46. The summed E-state index contributed by atoms with van der Waals surface area (Å²) in [5, 5.41) is 14.1. The number of phenolic OH excluding ortho intramolecular Hbond substituents is 1. The van der Waals surface area contributed by atoms with Crippen LogP contribution in [0.3, 0.4) is 0 Å². The Kier molecular flexibility index (Phi) is 5.84. The molecule has 2 aromatic rings. The summed E-state index contributed by atoms with van der Waals surface area (Å²) in [5.41, 5.74) is 3.77. The molecule has 0 unspecified atom stereocenters. The minimum atomic E-state index is -0.294. The van der Waals surface area contributed by atoms with Crippen molar-refractivity contribution < 1.29 is 14.6 Å². The summed E-state index contributed by atoms with van der Waals surface area (Å²) in [6, 6.07) is 9.58. The molecule has 0 radical (unpaired) electrons. The van der Waals surface area contributed by atoms with E-state index in [1.807, 2.05) is 0 Å². The first-order chi connectivity index (χ1) is 11.0. The molecule has 2 rings (SSSR count). The van der Waals surface area contributed by atoms with Crippen LogP contribution in [0.15, 0.2) is 41.5 Å². The van der Waals surface area contributed by atoms with Crippen LogP contribution in [0.4, 0.5) is 0 Å². The summed E-state index contributed by atoms with van der Waals surface area (Å²) >= 11 is 11.7. The smallest absolute Gasteiger partial charge is 0.244 e. The van der Waals surface area contributed by atoms with Gasteiger partial charge in [0.2, 0.25) is 5.91 Å². The number of phenols is 1. The standard InChI is InChI=1S/C16H14Cl2N2O3/c1-23-15-8-12(21)4-3-11(15)9-19-20-16(22)7-10-2-5-13(17)14(18)6-10/h2-6,8-9,21H,7H2,1H3,(H,20,22)/b19-9+. The van der Waals surface area contributed by atoms with Crippen molar-refractivity contribution in [2.45, 2.75) is 6.42 Å². The van der Waals surface area contributed by atoms with Gasteiger partial charge in [0, 0.05) is 11.6 Å². The van der Waals surface area contributed by atoms with Crippen LogP contribution in [0, 0.1) is 0 Å². The fourth-order valence-electron chi connectivity index (χ4n) is 1.85. The maximum Gasteiger partial charge on any atom is 0.244 e. The monoisotopic (exact) mass is 352 g/mol. The maximum absolute atomic E-state index is 11.8. The Bertz CT molecular complexity index is 748. The Morgan fingerprint density at radius 1 is 1.26 bits per heavy atom. The van der Waals surface area contributed by atoms with Gasteiger partial charge in [0.25, 0.3) is 0 Å². The molecule has 7 heteroatoms. The van der Waals surface area contributed by atoms with Gasteiger partial charge < -0.3 is 9.84 Å². The third-order valence-electron chi connectivity index (χ3n) is 2.96. The molecule has 0 atom stereocenters.